The van der Waals surface area contributed by atoms with Gasteiger partial charge in [-0.05, 0) is 24.4 Å². The number of hydrogen-bond acceptors (Lipinski definition) is 0. The van der Waals surface area contributed by atoms with E-state index in [1.165, 1.54) is 48.8 Å². The molecule has 0 N–H and O–H groups in total. The predicted octanol–water partition coefficient (Wildman–Crippen LogP) is 3.42. The van der Waals surface area contributed by atoms with Gasteiger partial charge in [0.1, 0.15) is 6.21 Å². The van der Waals surface area contributed by atoms with Crippen molar-refractivity contribution in [2.24, 2.45) is 0 Å². The van der Waals surface area contributed by atoms with Gasteiger partial charge in [-0.1, -0.05) is 12.1 Å². The molecule has 0 saturated heterocycles. The Labute approximate surface area is 123 Å². The highest BCUT2D eigenvalue weighted by Gasteiger charge is 2.51. The van der Waals surface area contributed by atoms with Gasteiger partial charge in [-0.3, -0.25) is 0 Å². The molecule has 0 saturated carbocycles. The molecule has 3 heterocycles. The minimum atomic E-state index is -4.04. The van der Waals surface area contributed by atoms with Gasteiger partial charge in [0, 0.05) is 23.4 Å². The van der Waals surface area contributed by atoms with Crippen LogP contribution in [0.3, 0.4) is 0 Å². The topological polar surface area (TPSA) is 7.94 Å². The first kappa shape index (κ1) is 13.1. The molecular weight excluding hydrogens is 295 g/mol. The van der Waals surface area contributed by atoms with E-state index in [2.05, 4.69) is 0 Å². The molecule has 0 bridgehead atoms. The van der Waals surface area contributed by atoms with Gasteiger partial charge in [0.25, 0.3) is 0 Å². The Morgan fingerprint density at radius 2 is 1.86 bits per heavy atom. The Morgan fingerprint density at radius 3 is 2.68 bits per heavy atom. The van der Waals surface area contributed by atoms with Crippen molar-refractivity contribution in [1.29, 1.82) is 0 Å². The van der Waals surface area contributed by atoms with Crippen molar-refractivity contribution in [2.45, 2.75) is 0 Å². The number of rotatable bonds is 1. The summed E-state index contributed by atoms with van der Waals surface area (Å²) in [6.45, 7) is -4.04. The Hall–Kier alpha value is -2.57. The first-order valence-corrected chi connectivity index (χ1v) is 6.70. The lowest BCUT2D eigenvalue weighted by molar-refractivity contribution is -0.356. The second-order valence-electron chi connectivity index (χ2n) is 5.17. The van der Waals surface area contributed by atoms with Crippen LogP contribution in [0.4, 0.5) is 17.4 Å². The van der Waals surface area contributed by atoms with Crippen molar-refractivity contribution in [3.8, 4) is 0 Å². The molecule has 2 aliphatic heterocycles. The predicted molar refractivity (Wildman–Crippen MR) is 75.6 cm³/mol. The second-order valence-corrected chi connectivity index (χ2v) is 5.17. The van der Waals surface area contributed by atoms with Crippen LogP contribution >= 0.6 is 0 Å². The quantitative estimate of drug-likeness (QED) is 0.563. The summed E-state index contributed by atoms with van der Waals surface area (Å²) in [6, 6.07) is 6.69. The number of aromatic nitrogens is 1. The summed E-state index contributed by atoms with van der Waals surface area (Å²) in [5, 5.41) is 0. The molecule has 1 aromatic heterocycles. The molecule has 0 aliphatic carbocycles. The van der Waals surface area contributed by atoms with E-state index in [-0.39, 0.29) is 22.5 Å². The molecule has 0 amide bonds. The van der Waals surface area contributed by atoms with Crippen molar-refractivity contribution in [3.63, 3.8) is 0 Å². The minimum Gasteiger partial charge on any atom is -0.396 e. The van der Waals surface area contributed by atoms with Crippen LogP contribution in [0.1, 0.15) is 11.3 Å². The van der Waals surface area contributed by atoms with Crippen LogP contribution in [0.15, 0.2) is 54.4 Å². The van der Waals surface area contributed by atoms with E-state index in [9.17, 15) is 17.4 Å². The highest BCUT2D eigenvalue weighted by atomic mass is 19.2. The Morgan fingerprint density at radius 1 is 1.05 bits per heavy atom. The standard InChI is InChI=1S/C15H9BF4N2/c17-11-5-1-4-10(15(11)18)14-12-6-2-8-21(12)16(19,20)22-9-3-7-13(14)22/h1-9H. The molecule has 0 atom stereocenters. The summed E-state index contributed by atoms with van der Waals surface area (Å²) in [7, 11) is 0. The van der Waals surface area contributed by atoms with Crippen LogP contribution < -0.4 is 0 Å². The third-order valence-electron chi connectivity index (χ3n) is 3.96. The maximum atomic E-state index is 14.5. The van der Waals surface area contributed by atoms with Crippen LogP contribution in [0.2, 0.25) is 0 Å². The number of allylic oxidation sites excluding steroid dienone is 2. The van der Waals surface area contributed by atoms with Crippen LogP contribution in [-0.4, -0.2) is 22.1 Å². The van der Waals surface area contributed by atoms with Crippen molar-refractivity contribution >= 4 is 18.8 Å². The molecule has 1 aromatic carbocycles. The number of benzene rings is 1. The normalized spacial score (nSPS) is 18.3. The third kappa shape index (κ3) is 1.53. The van der Waals surface area contributed by atoms with Gasteiger partial charge >= 0.3 is 6.97 Å². The lowest BCUT2D eigenvalue weighted by atomic mass is 9.86. The zero-order valence-corrected chi connectivity index (χ0v) is 11.2. The molecule has 4 rings (SSSR count). The lowest BCUT2D eigenvalue weighted by Gasteiger charge is -2.30. The summed E-state index contributed by atoms with van der Waals surface area (Å²) >= 11 is 0. The summed E-state index contributed by atoms with van der Waals surface area (Å²) in [6.07, 6.45) is 5.44. The molecule has 0 radical (unpaired) electrons. The molecule has 2 nitrogen and oxygen atoms in total. The van der Waals surface area contributed by atoms with Gasteiger partial charge in [-0.2, -0.15) is 0 Å². The lowest BCUT2D eigenvalue weighted by Crippen LogP contribution is -2.49. The Bertz CT molecular complexity index is 893. The van der Waals surface area contributed by atoms with Gasteiger partial charge in [0.05, 0.1) is 5.57 Å². The average Bonchev–Trinajstić information content (AvgIpc) is 3.13. The zero-order valence-electron chi connectivity index (χ0n) is 11.2. The van der Waals surface area contributed by atoms with Gasteiger partial charge in [-0.15, -0.1) is 0 Å². The first-order chi connectivity index (χ1) is 10.5. The molecule has 0 unspecified atom stereocenters. The Kier molecular flexibility index (Phi) is 2.52. The summed E-state index contributed by atoms with van der Waals surface area (Å²) in [5.74, 6) is -2.06. The molecule has 7 heteroatoms. The summed E-state index contributed by atoms with van der Waals surface area (Å²) < 4.78 is 58.4. The van der Waals surface area contributed by atoms with Crippen molar-refractivity contribution < 1.29 is 21.9 Å². The van der Waals surface area contributed by atoms with E-state index < -0.39 is 18.6 Å². The van der Waals surface area contributed by atoms with E-state index in [1.54, 1.807) is 0 Å². The van der Waals surface area contributed by atoms with Crippen LogP contribution in [0.25, 0.3) is 5.57 Å². The smallest absolute Gasteiger partial charge is 0.396 e. The molecular formula is C15H9BF4N2. The van der Waals surface area contributed by atoms with Crippen molar-refractivity contribution in [1.82, 2.24) is 4.48 Å². The molecule has 22 heavy (non-hydrogen) atoms. The maximum Gasteiger partial charge on any atom is 0.737 e. The maximum absolute atomic E-state index is 14.5. The first-order valence-electron chi connectivity index (χ1n) is 6.70. The van der Waals surface area contributed by atoms with Crippen molar-refractivity contribution in [3.05, 3.63) is 77.3 Å². The van der Waals surface area contributed by atoms with E-state index in [0.717, 1.165) is 15.0 Å². The number of halogens is 4. The highest BCUT2D eigenvalue weighted by molar-refractivity contribution is 6.57. The number of hydrogen-bond donors (Lipinski definition) is 0. The SMILES string of the molecule is Fc1cccc(C2=C3C=CC=[N+]3[B-](F)(F)n3cccc32)c1F. The van der Waals surface area contributed by atoms with E-state index in [1.807, 2.05) is 0 Å². The second kappa shape index (κ2) is 4.22. The van der Waals surface area contributed by atoms with Gasteiger partial charge in [0.2, 0.25) is 0 Å². The fourth-order valence-electron chi connectivity index (χ4n) is 2.99. The number of fused-ring (bicyclic) bond motifs is 2. The fourth-order valence-corrected chi connectivity index (χ4v) is 2.99. The van der Waals surface area contributed by atoms with Gasteiger partial charge < -0.3 is 17.6 Å². The highest BCUT2D eigenvalue weighted by Crippen LogP contribution is 2.39. The van der Waals surface area contributed by atoms with Crippen LogP contribution in [0.5, 0.6) is 0 Å². The molecule has 0 spiro atoms. The van der Waals surface area contributed by atoms with E-state index >= 15 is 0 Å². The third-order valence-corrected chi connectivity index (χ3v) is 3.96. The van der Waals surface area contributed by atoms with E-state index in [4.69, 9.17) is 0 Å². The average molecular weight is 304 g/mol. The van der Waals surface area contributed by atoms with Gasteiger partial charge in [0.15, 0.2) is 17.3 Å². The zero-order chi connectivity index (χ0) is 15.5. The monoisotopic (exact) mass is 304 g/mol. The van der Waals surface area contributed by atoms with Crippen molar-refractivity contribution in [2.75, 3.05) is 0 Å². The largest absolute Gasteiger partial charge is 0.737 e. The molecule has 110 valence electrons. The summed E-state index contributed by atoms with van der Waals surface area (Å²) in [5.41, 5.74) is 0.549. The van der Waals surface area contributed by atoms with Crippen LogP contribution in [-0.2, 0) is 0 Å². The Balaban J connectivity index is 2.09. The van der Waals surface area contributed by atoms with E-state index in [0.29, 0.717) is 0 Å². The molecule has 2 aliphatic rings. The van der Waals surface area contributed by atoms with Gasteiger partial charge in [-0.25, -0.2) is 8.78 Å². The molecule has 2 aromatic rings. The van der Waals surface area contributed by atoms with Crippen LogP contribution in [0, 0.1) is 11.6 Å². The summed E-state index contributed by atoms with van der Waals surface area (Å²) in [4.78, 5) is 0. The molecule has 0 fully saturated rings. The number of nitrogens with zero attached hydrogens (tertiary/aromatic N) is 2. The minimum absolute atomic E-state index is 0.0359. The fraction of sp³-hybridized carbons (Fsp3) is 0.